The standard InChI is InChI=1S/C18H25N3O2/c1-13(2)8-7-11-17-19-18(14(3)22)20-21(17)12-15-9-5-6-10-16(15)23-4/h5-6,8-10,14,22H,7,11-12H2,1-4H3. The van der Waals surface area contributed by atoms with Gasteiger partial charge in [-0.3, -0.25) is 0 Å². The van der Waals surface area contributed by atoms with Gasteiger partial charge in [-0.25, -0.2) is 9.67 Å². The zero-order valence-corrected chi connectivity index (χ0v) is 14.3. The van der Waals surface area contributed by atoms with E-state index >= 15 is 0 Å². The van der Waals surface area contributed by atoms with E-state index in [2.05, 4.69) is 30.0 Å². The summed E-state index contributed by atoms with van der Waals surface area (Å²) in [6.07, 6.45) is 3.22. The topological polar surface area (TPSA) is 60.2 Å². The highest BCUT2D eigenvalue weighted by Gasteiger charge is 2.14. The minimum Gasteiger partial charge on any atom is -0.496 e. The maximum absolute atomic E-state index is 9.77. The fraction of sp³-hybridized carbons (Fsp3) is 0.444. The van der Waals surface area contributed by atoms with Gasteiger partial charge in [0, 0.05) is 12.0 Å². The number of rotatable bonds is 7. The lowest BCUT2D eigenvalue weighted by molar-refractivity contribution is 0.188. The van der Waals surface area contributed by atoms with Gasteiger partial charge in [0.05, 0.1) is 13.7 Å². The van der Waals surface area contributed by atoms with Crippen molar-refractivity contribution in [3.8, 4) is 5.75 Å². The fourth-order valence-corrected chi connectivity index (χ4v) is 2.37. The number of methoxy groups -OCH3 is 1. The zero-order valence-electron chi connectivity index (χ0n) is 14.3. The van der Waals surface area contributed by atoms with Gasteiger partial charge in [0.2, 0.25) is 0 Å². The molecular formula is C18H25N3O2. The van der Waals surface area contributed by atoms with E-state index in [9.17, 15) is 5.11 Å². The van der Waals surface area contributed by atoms with E-state index in [0.29, 0.717) is 12.4 Å². The van der Waals surface area contributed by atoms with Gasteiger partial charge in [-0.15, -0.1) is 0 Å². The predicted molar refractivity (Wildman–Crippen MR) is 90.5 cm³/mol. The molecule has 1 unspecified atom stereocenters. The molecule has 0 aliphatic rings. The van der Waals surface area contributed by atoms with E-state index in [0.717, 1.165) is 30.0 Å². The molecule has 0 aliphatic heterocycles. The van der Waals surface area contributed by atoms with Crippen molar-refractivity contribution in [2.24, 2.45) is 0 Å². The second-order valence-electron chi connectivity index (χ2n) is 5.85. The maximum Gasteiger partial charge on any atom is 0.179 e. The quantitative estimate of drug-likeness (QED) is 0.797. The van der Waals surface area contributed by atoms with Gasteiger partial charge < -0.3 is 9.84 Å². The van der Waals surface area contributed by atoms with Crippen LogP contribution in [-0.4, -0.2) is 27.0 Å². The molecule has 0 spiro atoms. The van der Waals surface area contributed by atoms with Crippen molar-refractivity contribution in [1.29, 1.82) is 0 Å². The van der Waals surface area contributed by atoms with Gasteiger partial charge in [0.15, 0.2) is 5.82 Å². The van der Waals surface area contributed by atoms with Crippen LogP contribution in [0.2, 0.25) is 0 Å². The molecule has 0 fully saturated rings. The first-order valence-electron chi connectivity index (χ1n) is 7.88. The third kappa shape index (κ3) is 4.66. The highest BCUT2D eigenvalue weighted by molar-refractivity contribution is 5.33. The zero-order chi connectivity index (χ0) is 16.8. The van der Waals surface area contributed by atoms with Crippen molar-refractivity contribution in [3.05, 3.63) is 53.1 Å². The lowest BCUT2D eigenvalue weighted by Gasteiger charge is -2.09. The van der Waals surface area contributed by atoms with Crippen LogP contribution in [0.3, 0.4) is 0 Å². The lowest BCUT2D eigenvalue weighted by atomic mass is 10.2. The maximum atomic E-state index is 9.77. The number of hydrogen-bond acceptors (Lipinski definition) is 4. The van der Waals surface area contributed by atoms with Gasteiger partial charge in [-0.05, 0) is 33.3 Å². The van der Waals surface area contributed by atoms with E-state index < -0.39 is 6.10 Å². The molecule has 1 atom stereocenters. The van der Waals surface area contributed by atoms with Crippen molar-refractivity contribution in [2.45, 2.75) is 46.3 Å². The number of aryl methyl sites for hydroxylation is 1. The summed E-state index contributed by atoms with van der Waals surface area (Å²) in [6.45, 7) is 6.43. The molecule has 0 saturated heterocycles. The Morgan fingerprint density at radius 3 is 2.74 bits per heavy atom. The summed E-state index contributed by atoms with van der Waals surface area (Å²) in [6, 6.07) is 7.88. The Morgan fingerprint density at radius 2 is 2.09 bits per heavy atom. The second-order valence-corrected chi connectivity index (χ2v) is 5.85. The number of ether oxygens (including phenoxy) is 1. The first-order valence-corrected chi connectivity index (χ1v) is 7.88. The minimum absolute atomic E-state index is 0.465. The Kier molecular flexibility index (Phi) is 5.93. The molecule has 1 N–H and O–H groups in total. The summed E-state index contributed by atoms with van der Waals surface area (Å²) < 4.78 is 7.26. The third-order valence-electron chi connectivity index (χ3n) is 3.57. The molecule has 0 radical (unpaired) electrons. The van der Waals surface area contributed by atoms with E-state index in [1.54, 1.807) is 14.0 Å². The molecule has 1 aromatic carbocycles. The van der Waals surface area contributed by atoms with Crippen LogP contribution >= 0.6 is 0 Å². The van der Waals surface area contributed by atoms with Crippen LogP contribution in [-0.2, 0) is 13.0 Å². The molecule has 2 aromatic rings. The number of allylic oxidation sites excluding steroid dienone is 2. The minimum atomic E-state index is -0.670. The van der Waals surface area contributed by atoms with Crippen LogP contribution in [0.25, 0.3) is 0 Å². The van der Waals surface area contributed by atoms with Crippen LogP contribution in [0.1, 0.15) is 50.5 Å². The molecule has 1 heterocycles. The normalized spacial score (nSPS) is 12.0. The molecule has 124 valence electrons. The van der Waals surface area contributed by atoms with Crippen molar-refractivity contribution in [1.82, 2.24) is 14.8 Å². The number of benzene rings is 1. The Morgan fingerprint density at radius 1 is 1.35 bits per heavy atom. The molecule has 0 amide bonds. The van der Waals surface area contributed by atoms with Crippen molar-refractivity contribution in [3.63, 3.8) is 0 Å². The van der Waals surface area contributed by atoms with Crippen LogP contribution < -0.4 is 4.74 Å². The average Bonchev–Trinajstić information content (AvgIpc) is 2.91. The summed E-state index contributed by atoms with van der Waals surface area (Å²) in [7, 11) is 1.66. The smallest absolute Gasteiger partial charge is 0.179 e. The molecule has 5 nitrogen and oxygen atoms in total. The monoisotopic (exact) mass is 315 g/mol. The van der Waals surface area contributed by atoms with Gasteiger partial charge in [-0.1, -0.05) is 29.8 Å². The number of hydrogen-bond donors (Lipinski definition) is 1. The van der Waals surface area contributed by atoms with Crippen LogP contribution in [0, 0.1) is 0 Å². The Hall–Kier alpha value is -2.14. The molecule has 0 bridgehead atoms. The number of nitrogens with zero attached hydrogens (tertiary/aromatic N) is 3. The third-order valence-corrected chi connectivity index (χ3v) is 3.57. The fourth-order valence-electron chi connectivity index (χ4n) is 2.37. The van der Waals surface area contributed by atoms with Gasteiger partial charge >= 0.3 is 0 Å². The number of aromatic nitrogens is 3. The highest BCUT2D eigenvalue weighted by Crippen LogP contribution is 2.20. The Labute approximate surface area is 137 Å². The van der Waals surface area contributed by atoms with E-state index in [1.807, 2.05) is 28.9 Å². The van der Waals surface area contributed by atoms with Crippen molar-refractivity contribution < 1.29 is 9.84 Å². The largest absolute Gasteiger partial charge is 0.496 e. The van der Waals surface area contributed by atoms with E-state index in [1.165, 1.54) is 5.57 Å². The Bertz CT molecular complexity index is 671. The Balaban J connectivity index is 2.26. The van der Waals surface area contributed by atoms with Crippen LogP contribution in [0.15, 0.2) is 35.9 Å². The van der Waals surface area contributed by atoms with Gasteiger partial charge in [0.25, 0.3) is 0 Å². The van der Waals surface area contributed by atoms with Crippen molar-refractivity contribution >= 4 is 0 Å². The first kappa shape index (κ1) is 17.2. The summed E-state index contributed by atoms with van der Waals surface area (Å²) in [5.41, 5.74) is 2.33. The molecule has 1 aromatic heterocycles. The van der Waals surface area contributed by atoms with E-state index in [4.69, 9.17) is 4.74 Å². The molecule has 5 heteroatoms. The summed E-state index contributed by atoms with van der Waals surface area (Å²) in [5.74, 6) is 2.17. The highest BCUT2D eigenvalue weighted by atomic mass is 16.5. The van der Waals surface area contributed by atoms with E-state index in [-0.39, 0.29) is 0 Å². The first-order chi connectivity index (χ1) is 11.0. The molecule has 0 saturated carbocycles. The predicted octanol–water partition coefficient (Wildman–Crippen LogP) is 3.29. The van der Waals surface area contributed by atoms with Gasteiger partial charge in [0.1, 0.15) is 17.7 Å². The number of aliphatic hydroxyl groups excluding tert-OH is 1. The molecule has 2 rings (SSSR count). The lowest BCUT2D eigenvalue weighted by Crippen LogP contribution is -2.08. The number of aliphatic hydroxyl groups is 1. The van der Waals surface area contributed by atoms with Crippen LogP contribution in [0.4, 0.5) is 0 Å². The average molecular weight is 315 g/mol. The van der Waals surface area contributed by atoms with Crippen LogP contribution in [0.5, 0.6) is 5.75 Å². The summed E-state index contributed by atoms with van der Waals surface area (Å²) in [5, 5.41) is 14.2. The van der Waals surface area contributed by atoms with Crippen molar-refractivity contribution in [2.75, 3.05) is 7.11 Å². The van der Waals surface area contributed by atoms with Gasteiger partial charge in [-0.2, -0.15) is 5.10 Å². The molecular weight excluding hydrogens is 290 g/mol. The SMILES string of the molecule is COc1ccccc1Cn1nc(C(C)O)nc1CCC=C(C)C. The molecule has 23 heavy (non-hydrogen) atoms. The summed E-state index contributed by atoms with van der Waals surface area (Å²) in [4.78, 5) is 4.49. The second kappa shape index (κ2) is 7.92. The summed E-state index contributed by atoms with van der Waals surface area (Å²) >= 11 is 0. The number of para-hydroxylation sites is 1. The molecule has 0 aliphatic carbocycles.